The van der Waals surface area contributed by atoms with Gasteiger partial charge in [-0.15, -0.1) is 5.10 Å². The Labute approximate surface area is 179 Å². The van der Waals surface area contributed by atoms with Crippen molar-refractivity contribution in [1.82, 2.24) is 25.2 Å². The number of nitrogens with zero attached hydrogens (tertiary/aromatic N) is 6. The first kappa shape index (κ1) is 20.4. The number of benzene rings is 1. The molecule has 3 aromatic rings. The number of nitrogens with one attached hydrogen (secondary N) is 1. The molecular formula is C22H23N7O2. The fourth-order valence-electron chi connectivity index (χ4n) is 3.07. The summed E-state index contributed by atoms with van der Waals surface area (Å²) in [5.74, 6) is 1.34. The Hall–Kier alpha value is -3.88. The zero-order chi connectivity index (χ0) is 21.6. The second-order valence-electron chi connectivity index (χ2n) is 7.37. The molecule has 0 unspecified atom stereocenters. The third kappa shape index (κ3) is 5.39. The summed E-state index contributed by atoms with van der Waals surface area (Å²) in [5.41, 5.74) is 3.08. The highest BCUT2D eigenvalue weighted by Gasteiger charge is 2.23. The number of anilines is 1. The van der Waals surface area contributed by atoms with Crippen molar-refractivity contribution in [3.05, 3.63) is 77.3 Å². The van der Waals surface area contributed by atoms with Gasteiger partial charge in [-0.3, -0.25) is 4.79 Å². The predicted molar refractivity (Wildman–Crippen MR) is 115 cm³/mol. The lowest BCUT2D eigenvalue weighted by Gasteiger charge is -2.07. The topological polar surface area (TPSA) is 107 Å². The molecular weight excluding hydrogens is 394 g/mol. The van der Waals surface area contributed by atoms with Crippen LogP contribution in [0.25, 0.3) is 0 Å². The standard InChI is InChI=1S/C22H23N7O2/c1-15(16-11-12-16)13-20(30)24-19-10-6-9-18(23-19)14-31-26-21(17-7-4-3-5-8-17)22-25-27-28-29(22)2/h3-10,13,16H,11-12,14H2,1-2H3,(H,23,24,30)/b15-13-,26-21+. The molecule has 0 saturated heterocycles. The van der Waals surface area contributed by atoms with Gasteiger partial charge in [0.2, 0.25) is 11.7 Å². The first-order chi connectivity index (χ1) is 15.1. The van der Waals surface area contributed by atoms with Gasteiger partial charge < -0.3 is 10.2 Å². The van der Waals surface area contributed by atoms with Crippen LogP contribution in [0, 0.1) is 5.92 Å². The molecule has 0 atom stereocenters. The smallest absolute Gasteiger partial charge is 0.249 e. The van der Waals surface area contributed by atoms with Gasteiger partial charge in [0.05, 0.1) is 5.69 Å². The van der Waals surface area contributed by atoms with E-state index in [1.165, 1.54) is 4.68 Å². The van der Waals surface area contributed by atoms with Crippen LogP contribution in [0.5, 0.6) is 0 Å². The molecule has 0 bridgehead atoms. The third-order valence-electron chi connectivity index (χ3n) is 4.89. The van der Waals surface area contributed by atoms with E-state index in [0.29, 0.717) is 29.0 Å². The number of oxime groups is 1. The molecule has 0 aliphatic heterocycles. The van der Waals surface area contributed by atoms with Crippen LogP contribution in [0.3, 0.4) is 0 Å². The van der Waals surface area contributed by atoms with E-state index in [-0.39, 0.29) is 12.5 Å². The van der Waals surface area contributed by atoms with Crippen LogP contribution in [-0.2, 0) is 23.3 Å². The van der Waals surface area contributed by atoms with Crippen molar-refractivity contribution >= 4 is 17.4 Å². The minimum Gasteiger partial charge on any atom is -0.389 e. The van der Waals surface area contributed by atoms with Gasteiger partial charge in [0, 0.05) is 18.7 Å². The molecule has 0 radical (unpaired) electrons. The Morgan fingerprint density at radius 3 is 2.74 bits per heavy atom. The summed E-state index contributed by atoms with van der Waals surface area (Å²) in [7, 11) is 1.74. The summed E-state index contributed by atoms with van der Waals surface area (Å²) in [6.45, 7) is 2.12. The molecule has 1 saturated carbocycles. The van der Waals surface area contributed by atoms with Gasteiger partial charge in [-0.05, 0) is 48.2 Å². The Bertz CT molecular complexity index is 1120. The number of allylic oxidation sites excluding steroid dienone is 1. The molecule has 1 aliphatic carbocycles. The van der Waals surface area contributed by atoms with Gasteiger partial charge in [-0.1, -0.05) is 47.1 Å². The predicted octanol–water partition coefficient (Wildman–Crippen LogP) is 2.87. The highest BCUT2D eigenvalue weighted by molar-refractivity contribution is 6.10. The first-order valence-corrected chi connectivity index (χ1v) is 10.0. The number of rotatable bonds is 8. The highest BCUT2D eigenvalue weighted by Crippen LogP contribution is 2.35. The van der Waals surface area contributed by atoms with Crippen LogP contribution in [-0.4, -0.2) is 36.8 Å². The number of carbonyl (C=O) groups is 1. The molecule has 1 aliphatic rings. The van der Waals surface area contributed by atoms with E-state index in [0.717, 1.165) is 24.0 Å². The molecule has 9 heteroatoms. The van der Waals surface area contributed by atoms with Crippen molar-refractivity contribution in [2.24, 2.45) is 18.1 Å². The Morgan fingerprint density at radius 2 is 2.03 bits per heavy atom. The summed E-state index contributed by atoms with van der Waals surface area (Å²) in [4.78, 5) is 22.2. The number of carbonyl (C=O) groups excluding carboxylic acids is 1. The lowest BCUT2D eigenvalue weighted by molar-refractivity contribution is -0.112. The summed E-state index contributed by atoms with van der Waals surface area (Å²) in [5, 5.41) is 18.6. The largest absolute Gasteiger partial charge is 0.389 e. The van der Waals surface area contributed by atoms with Crippen molar-refractivity contribution < 1.29 is 9.63 Å². The quantitative estimate of drug-likeness (QED) is 0.343. The monoisotopic (exact) mass is 417 g/mol. The summed E-state index contributed by atoms with van der Waals surface area (Å²) < 4.78 is 1.53. The number of aromatic nitrogens is 5. The van der Waals surface area contributed by atoms with Gasteiger partial charge in [0.1, 0.15) is 5.82 Å². The molecule has 9 nitrogen and oxygen atoms in total. The zero-order valence-electron chi connectivity index (χ0n) is 17.4. The van der Waals surface area contributed by atoms with Crippen molar-refractivity contribution in [2.45, 2.75) is 26.4 Å². The first-order valence-electron chi connectivity index (χ1n) is 10.0. The van der Waals surface area contributed by atoms with Crippen molar-refractivity contribution in [2.75, 3.05) is 5.32 Å². The maximum Gasteiger partial charge on any atom is 0.249 e. The normalized spacial score (nSPS) is 14.4. The number of pyridine rings is 1. The van der Waals surface area contributed by atoms with Crippen LogP contribution in [0.2, 0.25) is 0 Å². The van der Waals surface area contributed by atoms with E-state index < -0.39 is 0 Å². The van der Waals surface area contributed by atoms with Gasteiger partial charge >= 0.3 is 0 Å². The van der Waals surface area contributed by atoms with Crippen LogP contribution in [0.15, 0.2) is 65.3 Å². The molecule has 158 valence electrons. The number of aryl methyl sites for hydroxylation is 1. The SMILES string of the molecule is C/C(=C/C(=O)Nc1cccc(CO/N=C(\c2ccccc2)c2nnnn2C)n1)C1CC1. The van der Waals surface area contributed by atoms with E-state index in [4.69, 9.17) is 4.84 Å². The molecule has 4 rings (SSSR count). The van der Waals surface area contributed by atoms with Crippen LogP contribution >= 0.6 is 0 Å². The molecule has 1 fully saturated rings. The summed E-state index contributed by atoms with van der Waals surface area (Å²) in [6.07, 6.45) is 3.97. The lowest BCUT2D eigenvalue weighted by Crippen LogP contribution is -2.12. The average Bonchev–Trinajstić information content (AvgIpc) is 3.54. The fraction of sp³-hybridized carbons (Fsp3) is 0.273. The van der Waals surface area contributed by atoms with E-state index in [1.54, 1.807) is 19.2 Å². The van der Waals surface area contributed by atoms with Crippen LogP contribution < -0.4 is 5.32 Å². The van der Waals surface area contributed by atoms with E-state index in [1.807, 2.05) is 49.4 Å². The highest BCUT2D eigenvalue weighted by atomic mass is 16.6. The van der Waals surface area contributed by atoms with Crippen LogP contribution in [0.1, 0.15) is 36.8 Å². The van der Waals surface area contributed by atoms with Crippen molar-refractivity contribution in [3.8, 4) is 0 Å². The molecule has 2 heterocycles. The van der Waals surface area contributed by atoms with Crippen molar-refractivity contribution in [1.29, 1.82) is 0 Å². The minimum atomic E-state index is -0.172. The number of hydrogen-bond donors (Lipinski definition) is 1. The second kappa shape index (κ2) is 9.29. The third-order valence-corrected chi connectivity index (χ3v) is 4.89. The molecule has 0 spiro atoms. The molecule has 31 heavy (non-hydrogen) atoms. The maximum atomic E-state index is 12.2. The number of hydrogen-bond acceptors (Lipinski definition) is 7. The Kier molecular flexibility index (Phi) is 6.11. The average molecular weight is 417 g/mol. The summed E-state index contributed by atoms with van der Waals surface area (Å²) in [6, 6.07) is 14.9. The van der Waals surface area contributed by atoms with Gasteiger partial charge in [0.15, 0.2) is 12.3 Å². The Morgan fingerprint density at radius 1 is 1.23 bits per heavy atom. The summed E-state index contributed by atoms with van der Waals surface area (Å²) >= 11 is 0. The number of tetrazole rings is 1. The Balaban J connectivity index is 1.44. The van der Waals surface area contributed by atoms with Gasteiger partial charge in [-0.25, -0.2) is 9.67 Å². The lowest BCUT2D eigenvalue weighted by atomic mass is 10.1. The van der Waals surface area contributed by atoms with E-state index in [9.17, 15) is 4.79 Å². The minimum absolute atomic E-state index is 0.127. The molecule has 2 aromatic heterocycles. The molecule has 1 N–H and O–H groups in total. The zero-order valence-corrected chi connectivity index (χ0v) is 17.4. The molecule has 1 amide bonds. The maximum absolute atomic E-state index is 12.2. The fourth-order valence-corrected chi connectivity index (χ4v) is 3.07. The van der Waals surface area contributed by atoms with Crippen molar-refractivity contribution in [3.63, 3.8) is 0 Å². The number of amides is 1. The van der Waals surface area contributed by atoms with Gasteiger partial charge in [0.25, 0.3) is 0 Å². The van der Waals surface area contributed by atoms with Crippen LogP contribution in [0.4, 0.5) is 5.82 Å². The molecule has 1 aromatic carbocycles. The van der Waals surface area contributed by atoms with E-state index in [2.05, 4.69) is 31.0 Å². The second-order valence-corrected chi connectivity index (χ2v) is 7.37. The van der Waals surface area contributed by atoms with Gasteiger partial charge in [-0.2, -0.15) is 0 Å². The van der Waals surface area contributed by atoms with E-state index >= 15 is 0 Å².